The molecule has 242 valence electrons. The number of hydrogen-bond donors (Lipinski definition) is 1. The summed E-state index contributed by atoms with van der Waals surface area (Å²) in [5.41, 5.74) is 9.48. The van der Waals surface area contributed by atoms with Gasteiger partial charge in [0.15, 0.2) is 17.2 Å². The zero-order valence-electron chi connectivity index (χ0n) is 26.6. The van der Waals surface area contributed by atoms with E-state index in [1.807, 2.05) is 17.1 Å². The molecule has 0 bridgehead atoms. The molecule has 3 fully saturated rings. The quantitative estimate of drug-likeness (QED) is 0.311. The van der Waals surface area contributed by atoms with Gasteiger partial charge in [-0.1, -0.05) is 5.16 Å². The largest absolute Gasteiger partial charge is 0.448 e. The van der Waals surface area contributed by atoms with E-state index in [4.69, 9.17) is 30.1 Å². The second-order valence-corrected chi connectivity index (χ2v) is 13.5. The van der Waals surface area contributed by atoms with Gasteiger partial charge in [-0.15, -0.1) is 0 Å². The van der Waals surface area contributed by atoms with Gasteiger partial charge in [0.25, 0.3) is 0 Å². The molecular formula is C32H40N10O4. The SMILES string of the molecule is CC(C)(C)n1nc(-c2noc(C3CC3)c2-c2ncc(C3CCN(C(=O)OCCN4CCC(=O)CC4)CC3)cn2)c2c(N)ncnc21. The molecule has 6 heterocycles. The van der Waals surface area contributed by atoms with Gasteiger partial charge in [0.05, 0.1) is 16.5 Å². The number of fused-ring (bicyclic) bond motifs is 1. The van der Waals surface area contributed by atoms with Crippen molar-refractivity contribution in [1.29, 1.82) is 0 Å². The predicted molar refractivity (Wildman–Crippen MR) is 169 cm³/mol. The number of piperidine rings is 2. The molecule has 46 heavy (non-hydrogen) atoms. The van der Waals surface area contributed by atoms with Crippen LogP contribution >= 0.6 is 0 Å². The Hall–Kier alpha value is -4.46. The van der Waals surface area contributed by atoms with Gasteiger partial charge in [-0.3, -0.25) is 9.69 Å². The Morgan fingerprint density at radius 1 is 0.978 bits per heavy atom. The molecule has 14 heteroatoms. The number of anilines is 1. The Kier molecular flexibility index (Phi) is 7.91. The van der Waals surface area contributed by atoms with Crippen LogP contribution in [0.3, 0.4) is 0 Å². The summed E-state index contributed by atoms with van der Waals surface area (Å²) in [6, 6.07) is 0. The Morgan fingerprint density at radius 2 is 1.70 bits per heavy atom. The minimum Gasteiger partial charge on any atom is -0.448 e. The summed E-state index contributed by atoms with van der Waals surface area (Å²) < 4.78 is 13.3. The second kappa shape index (κ2) is 12.0. The van der Waals surface area contributed by atoms with E-state index in [1.165, 1.54) is 6.33 Å². The van der Waals surface area contributed by atoms with Crippen molar-refractivity contribution in [2.75, 3.05) is 45.1 Å². The molecule has 1 saturated carbocycles. The number of amides is 1. The van der Waals surface area contributed by atoms with Crippen LogP contribution in [0.4, 0.5) is 10.6 Å². The Bertz CT molecular complexity index is 1740. The van der Waals surface area contributed by atoms with Crippen molar-refractivity contribution in [2.45, 2.75) is 76.7 Å². The van der Waals surface area contributed by atoms with Gasteiger partial charge in [0.1, 0.15) is 35.9 Å². The maximum atomic E-state index is 12.7. The summed E-state index contributed by atoms with van der Waals surface area (Å²) in [5, 5.41) is 10.0. The predicted octanol–water partition coefficient (Wildman–Crippen LogP) is 4.13. The van der Waals surface area contributed by atoms with Crippen molar-refractivity contribution in [3.05, 3.63) is 30.0 Å². The summed E-state index contributed by atoms with van der Waals surface area (Å²) in [5.74, 6) is 2.41. The van der Waals surface area contributed by atoms with Crippen LogP contribution in [0.15, 0.2) is 23.2 Å². The molecule has 0 aromatic carbocycles. The Labute approximate surface area is 266 Å². The number of nitrogens with two attached hydrogens (primary N) is 1. The number of carbonyl (C=O) groups excluding carboxylic acids is 2. The maximum absolute atomic E-state index is 12.7. The first-order valence-corrected chi connectivity index (χ1v) is 16.1. The Morgan fingerprint density at radius 3 is 2.37 bits per heavy atom. The molecule has 1 aliphatic carbocycles. The van der Waals surface area contributed by atoms with Crippen LogP contribution in [-0.2, 0) is 15.1 Å². The third-order valence-corrected chi connectivity index (χ3v) is 9.19. The number of hydrogen-bond acceptors (Lipinski definition) is 12. The number of carbonyl (C=O) groups is 2. The number of nitrogens with zero attached hydrogens (tertiary/aromatic N) is 9. The van der Waals surface area contributed by atoms with Gasteiger partial charge < -0.3 is 19.9 Å². The highest BCUT2D eigenvalue weighted by Gasteiger charge is 2.37. The lowest BCUT2D eigenvalue weighted by Gasteiger charge is -2.31. The number of Topliss-reactive ketones (excluding diaryl/α,β-unsaturated/α-hetero) is 1. The summed E-state index contributed by atoms with van der Waals surface area (Å²) in [6.45, 7) is 9.85. The van der Waals surface area contributed by atoms with E-state index >= 15 is 0 Å². The van der Waals surface area contributed by atoms with Gasteiger partial charge in [0, 0.05) is 63.9 Å². The maximum Gasteiger partial charge on any atom is 0.409 e. The fourth-order valence-electron chi connectivity index (χ4n) is 6.37. The molecule has 7 rings (SSSR count). The molecule has 0 atom stereocenters. The average Bonchev–Trinajstić information content (AvgIpc) is 3.67. The lowest BCUT2D eigenvalue weighted by atomic mass is 9.91. The van der Waals surface area contributed by atoms with Crippen LogP contribution in [0.1, 0.15) is 82.5 Å². The van der Waals surface area contributed by atoms with Crippen LogP contribution in [0, 0.1) is 0 Å². The number of rotatable bonds is 7. The molecular weight excluding hydrogens is 588 g/mol. The smallest absolute Gasteiger partial charge is 0.409 e. The zero-order valence-corrected chi connectivity index (χ0v) is 26.6. The molecule has 2 saturated heterocycles. The first-order chi connectivity index (χ1) is 22.2. The highest BCUT2D eigenvalue weighted by molar-refractivity contribution is 6.00. The van der Waals surface area contributed by atoms with Gasteiger partial charge in [-0.25, -0.2) is 29.4 Å². The van der Waals surface area contributed by atoms with E-state index in [0.717, 1.165) is 55.7 Å². The number of nitrogen functional groups attached to an aromatic ring is 1. The van der Waals surface area contributed by atoms with E-state index in [0.29, 0.717) is 78.9 Å². The van der Waals surface area contributed by atoms with Crippen molar-refractivity contribution >= 4 is 28.7 Å². The lowest BCUT2D eigenvalue weighted by molar-refractivity contribution is -0.121. The number of aromatic nitrogens is 7. The van der Waals surface area contributed by atoms with E-state index in [9.17, 15) is 9.59 Å². The van der Waals surface area contributed by atoms with Gasteiger partial charge in [0.2, 0.25) is 0 Å². The monoisotopic (exact) mass is 628 g/mol. The normalized spacial score (nSPS) is 18.4. The fourth-order valence-corrected chi connectivity index (χ4v) is 6.37. The lowest BCUT2D eigenvalue weighted by Crippen LogP contribution is -2.40. The van der Waals surface area contributed by atoms with E-state index < -0.39 is 0 Å². The molecule has 0 radical (unpaired) electrons. The molecule has 2 aliphatic heterocycles. The van der Waals surface area contributed by atoms with Crippen LogP contribution in [0.25, 0.3) is 33.8 Å². The van der Waals surface area contributed by atoms with Crippen molar-refractivity contribution in [3.8, 4) is 22.8 Å². The number of likely N-dealkylation sites (tertiary alicyclic amines) is 2. The van der Waals surface area contributed by atoms with Gasteiger partial charge in [-0.05, 0) is 57.9 Å². The highest BCUT2D eigenvalue weighted by Crippen LogP contribution is 2.48. The summed E-state index contributed by atoms with van der Waals surface area (Å²) in [4.78, 5) is 46.4. The average molecular weight is 629 g/mol. The van der Waals surface area contributed by atoms with Crippen LogP contribution in [0.2, 0.25) is 0 Å². The Balaban J connectivity index is 1.06. The second-order valence-electron chi connectivity index (χ2n) is 13.5. The minimum atomic E-state index is -0.360. The molecule has 14 nitrogen and oxygen atoms in total. The van der Waals surface area contributed by atoms with E-state index in [1.54, 1.807) is 4.90 Å². The van der Waals surface area contributed by atoms with Crippen molar-refractivity contribution in [1.82, 2.24) is 44.7 Å². The molecule has 0 spiro atoms. The topological polar surface area (TPSA) is 171 Å². The van der Waals surface area contributed by atoms with E-state index in [2.05, 4.69) is 40.8 Å². The van der Waals surface area contributed by atoms with Crippen molar-refractivity contribution in [3.63, 3.8) is 0 Å². The number of ether oxygens (including phenoxy) is 1. The molecule has 2 N–H and O–H groups in total. The van der Waals surface area contributed by atoms with Crippen LogP contribution in [-0.4, -0.2) is 95.9 Å². The number of ketones is 1. The third-order valence-electron chi connectivity index (χ3n) is 9.19. The van der Waals surface area contributed by atoms with Crippen molar-refractivity contribution < 1.29 is 18.8 Å². The van der Waals surface area contributed by atoms with Crippen molar-refractivity contribution in [2.24, 2.45) is 0 Å². The van der Waals surface area contributed by atoms with Gasteiger partial charge >= 0.3 is 6.09 Å². The first kappa shape index (κ1) is 30.2. The van der Waals surface area contributed by atoms with Crippen LogP contribution in [0.5, 0.6) is 0 Å². The van der Waals surface area contributed by atoms with E-state index in [-0.39, 0.29) is 23.5 Å². The summed E-state index contributed by atoms with van der Waals surface area (Å²) in [7, 11) is 0. The summed E-state index contributed by atoms with van der Waals surface area (Å²) >= 11 is 0. The molecule has 3 aliphatic rings. The first-order valence-electron chi connectivity index (χ1n) is 16.1. The standard InChI is InChI=1S/C32H40N10O4/c1-32(2,3)42-30-24(28(33)36-18-37-30)25(38-42)26-23(27(46-39-26)20-4-5-20)29-34-16-21(17-35-29)19-6-12-41(13-7-19)31(44)45-15-14-40-10-8-22(43)9-11-40/h16-20H,4-15H2,1-3H3,(H2,33,36,37). The molecule has 4 aromatic heterocycles. The highest BCUT2D eigenvalue weighted by atomic mass is 16.6. The third kappa shape index (κ3) is 5.93. The molecule has 1 amide bonds. The van der Waals surface area contributed by atoms with Gasteiger partial charge in [-0.2, -0.15) is 5.10 Å². The summed E-state index contributed by atoms with van der Waals surface area (Å²) in [6.07, 6.45) is 9.71. The fraction of sp³-hybridized carbons (Fsp3) is 0.562. The zero-order chi connectivity index (χ0) is 32.0. The minimum absolute atomic E-state index is 0.234. The molecule has 4 aromatic rings. The van der Waals surface area contributed by atoms with Crippen LogP contribution < -0.4 is 5.73 Å². The molecule has 0 unspecified atom stereocenters.